The summed E-state index contributed by atoms with van der Waals surface area (Å²) in [6.07, 6.45) is 3.56. The molecule has 0 bridgehead atoms. The van der Waals surface area contributed by atoms with Crippen LogP contribution in [0, 0.1) is 17.2 Å². The second-order valence-corrected chi connectivity index (χ2v) is 5.72. The summed E-state index contributed by atoms with van der Waals surface area (Å²) in [5.74, 6) is 1.70. The van der Waals surface area contributed by atoms with E-state index in [1.807, 2.05) is 36.4 Å². The highest BCUT2D eigenvalue weighted by Crippen LogP contribution is 2.23. The second kappa shape index (κ2) is 8.24. The van der Waals surface area contributed by atoms with Crippen molar-refractivity contribution in [1.82, 2.24) is 0 Å². The maximum absolute atomic E-state index is 8.82. The lowest BCUT2D eigenvalue weighted by Gasteiger charge is -2.10. The molecule has 114 valence electrons. The van der Waals surface area contributed by atoms with Crippen LogP contribution in [0.2, 0.25) is 0 Å². The van der Waals surface area contributed by atoms with E-state index in [4.69, 9.17) is 10.00 Å². The summed E-state index contributed by atoms with van der Waals surface area (Å²) in [5.41, 5.74) is 2.93. The molecule has 0 amide bonds. The minimum absolute atomic E-state index is 0.685. The van der Waals surface area contributed by atoms with Gasteiger partial charge in [-0.05, 0) is 54.2 Å². The number of hydrogen-bond acceptors (Lipinski definition) is 2. The molecule has 0 saturated carbocycles. The zero-order valence-corrected chi connectivity index (χ0v) is 13.4. The van der Waals surface area contributed by atoms with Gasteiger partial charge in [-0.3, -0.25) is 0 Å². The zero-order chi connectivity index (χ0) is 15.8. The van der Waals surface area contributed by atoms with Gasteiger partial charge in [0.1, 0.15) is 5.75 Å². The molecule has 2 heteroatoms. The predicted octanol–water partition coefficient (Wildman–Crippen LogP) is 5.43. The molecule has 2 rings (SSSR count). The summed E-state index contributed by atoms with van der Waals surface area (Å²) < 4.78 is 5.79. The molecule has 0 aliphatic heterocycles. The van der Waals surface area contributed by atoms with Crippen molar-refractivity contribution < 1.29 is 4.74 Å². The van der Waals surface area contributed by atoms with Crippen LogP contribution in [0.3, 0.4) is 0 Å². The summed E-state index contributed by atoms with van der Waals surface area (Å²) in [6.45, 7) is 5.29. The highest BCUT2D eigenvalue weighted by atomic mass is 16.5. The Hall–Kier alpha value is -2.27. The number of nitrogens with zero attached hydrogens (tertiary/aromatic N) is 1. The quantitative estimate of drug-likeness (QED) is 0.638. The molecule has 0 fully saturated rings. The summed E-state index contributed by atoms with van der Waals surface area (Å²) in [6, 6.07) is 17.9. The lowest BCUT2D eigenvalue weighted by atomic mass is 10.0. The third kappa shape index (κ3) is 4.63. The van der Waals surface area contributed by atoms with Gasteiger partial charge in [0.05, 0.1) is 18.2 Å². The maximum Gasteiger partial charge on any atom is 0.119 e. The largest absolute Gasteiger partial charge is 0.494 e. The third-order valence-electron chi connectivity index (χ3n) is 4.01. The fraction of sp³-hybridized carbons (Fsp3) is 0.350. The van der Waals surface area contributed by atoms with E-state index in [-0.39, 0.29) is 0 Å². The number of rotatable bonds is 7. The Balaban J connectivity index is 1.88. The van der Waals surface area contributed by atoms with Crippen molar-refractivity contribution in [1.29, 1.82) is 5.26 Å². The van der Waals surface area contributed by atoms with E-state index >= 15 is 0 Å². The van der Waals surface area contributed by atoms with E-state index in [0.717, 1.165) is 35.8 Å². The first-order chi connectivity index (χ1) is 10.7. The Bertz CT molecular complexity index is 608. The normalized spacial score (nSPS) is 11.7. The second-order valence-electron chi connectivity index (χ2n) is 5.72. The van der Waals surface area contributed by atoms with Crippen molar-refractivity contribution >= 4 is 0 Å². The molecule has 22 heavy (non-hydrogen) atoms. The first-order valence-electron chi connectivity index (χ1n) is 7.96. The van der Waals surface area contributed by atoms with Crippen LogP contribution < -0.4 is 4.74 Å². The Morgan fingerprint density at radius 1 is 1.00 bits per heavy atom. The van der Waals surface area contributed by atoms with Gasteiger partial charge in [0.25, 0.3) is 0 Å². The molecule has 2 nitrogen and oxygen atoms in total. The number of benzene rings is 2. The SMILES string of the molecule is CC[C@H](C)CCCOc1ccc(-c2ccc(C#N)cc2)cc1. The lowest BCUT2D eigenvalue weighted by Crippen LogP contribution is -2.00. The Morgan fingerprint density at radius 2 is 1.59 bits per heavy atom. The van der Waals surface area contributed by atoms with Gasteiger partial charge in [-0.15, -0.1) is 0 Å². The van der Waals surface area contributed by atoms with E-state index in [1.54, 1.807) is 0 Å². The van der Waals surface area contributed by atoms with Crippen molar-refractivity contribution in [3.63, 3.8) is 0 Å². The van der Waals surface area contributed by atoms with Crippen LogP contribution in [0.5, 0.6) is 5.75 Å². The smallest absolute Gasteiger partial charge is 0.119 e. The van der Waals surface area contributed by atoms with Crippen LogP contribution in [-0.4, -0.2) is 6.61 Å². The summed E-state index contributed by atoms with van der Waals surface area (Å²) >= 11 is 0. The maximum atomic E-state index is 8.82. The average Bonchev–Trinajstić information content (AvgIpc) is 2.59. The van der Waals surface area contributed by atoms with Gasteiger partial charge in [-0.2, -0.15) is 5.26 Å². The van der Waals surface area contributed by atoms with Crippen LogP contribution in [0.15, 0.2) is 48.5 Å². The van der Waals surface area contributed by atoms with Crippen molar-refractivity contribution in [2.45, 2.75) is 33.1 Å². The fourth-order valence-corrected chi connectivity index (χ4v) is 2.31. The Labute approximate surface area is 133 Å². The molecule has 0 saturated heterocycles. The first-order valence-corrected chi connectivity index (χ1v) is 7.96. The van der Waals surface area contributed by atoms with Gasteiger partial charge >= 0.3 is 0 Å². The van der Waals surface area contributed by atoms with E-state index in [9.17, 15) is 0 Å². The fourth-order valence-electron chi connectivity index (χ4n) is 2.31. The molecule has 1 atom stereocenters. The van der Waals surface area contributed by atoms with Crippen LogP contribution in [0.25, 0.3) is 11.1 Å². The van der Waals surface area contributed by atoms with E-state index in [0.29, 0.717) is 5.56 Å². The van der Waals surface area contributed by atoms with Gasteiger partial charge in [0, 0.05) is 0 Å². The molecule has 0 aromatic heterocycles. The third-order valence-corrected chi connectivity index (χ3v) is 4.01. The molecule has 0 aliphatic rings. The monoisotopic (exact) mass is 293 g/mol. The van der Waals surface area contributed by atoms with E-state index in [1.165, 1.54) is 12.8 Å². The Kier molecular flexibility index (Phi) is 6.03. The van der Waals surface area contributed by atoms with Crippen LogP contribution >= 0.6 is 0 Å². The minimum atomic E-state index is 0.685. The van der Waals surface area contributed by atoms with Crippen LogP contribution in [-0.2, 0) is 0 Å². The van der Waals surface area contributed by atoms with Gasteiger partial charge in [0.2, 0.25) is 0 Å². The molecule has 0 radical (unpaired) electrons. The average molecular weight is 293 g/mol. The van der Waals surface area contributed by atoms with Crippen molar-refractivity contribution in [2.24, 2.45) is 5.92 Å². The number of hydrogen-bond donors (Lipinski definition) is 0. The molecule has 0 unspecified atom stereocenters. The topological polar surface area (TPSA) is 33.0 Å². The lowest BCUT2D eigenvalue weighted by molar-refractivity contribution is 0.294. The first kappa shape index (κ1) is 16.1. The molecule has 0 heterocycles. The molecular formula is C20H23NO. The minimum Gasteiger partial charge on any atom is -0.494 e. The molecule has 0 aliphatic carbocycles. The number of ether oxygens (including phenoxy) is 1. The number of nitriles is 1. The summed E-state index contributed by atoms with van der Waals surface area (Å²) in [4.78, 5) is 0. The summed E-state index contributed by atoms with van der Waals surface area (Å²) in [5, 5.41) is 8.82. The molecule has 2 aromatic rings. The predicted molar refractivity (Wildman–Crippen MR) is 90.8 cm³/mol. The van der Waals surface area contributed by atoms with E-state index < -0.39 is 0 Å². The molecule has 2 aromatic carbocycles. The van der Waals surface area contributed by atoms with Crippen LogP contribution in [0.1, 0.15) is 38.7 Å². The van der Waals surface area contributed by atoms with Crippen LogP contribution in [0.4, 0.5) is 0 Å². The standard InChI is InChI=1S/C20H23NO/c1-3-16(2)5-4-14-22-20-12-10-19(11-13-20)18-8-6-17(15-21)7-9-18/h6-13,16H,3-5,14H2,1-2H3/t16-/m0/s1. The van der Waals surface area contributed by atoms with Gasteiger partial charge < -0.3 is 4.74 Å². The Morgan fingerprint density at radius 3 is 2.14 bits per heavy atom. The molecule has 0 spiro atoms. The van der Waals surface area contributed by atoms with Gasteiger partial charge in [-0.1, -0.05) is 44.5 Å². The van der Waals surface area contributed by atoms with Crippen molar-refractivity contribution in [3.05, 3.63) is 54.1 Å². The van der Waals surface area contributed by atoms with Crippen molar-refractivity contribution in [3.8, 4) is 22.9 Å². The zero-order valence-electron chi connectivity index (χ0n) is 13.4. The van der Waals surface area contributed by atoms with Gasteiger partial charge in [0.15, 0.2) is 0 Å². The van der Waals surface area contributed by atoms with E-state index in [2.05, 4.69) is 32.0 Å². The van der Waals surface area contributed by atoms with Crippen molar-refractivity contribution in [2.75, 3.05) is 6.61 Å². The van der Waals surface area contributed by atoms with Gasteiger partial charge in [-0.25, -0.2) is 0 Å². The highest BCUT2D eigenvalue weighted by molar-refractivity contribution is 5.64. The highest BCUT2D eigenvalue weighted by Gasteiger charge is 2.01. The summed E-state index contributed by atoms with van der Waals surface area (Å²) in [7, 11) is 0. The molecular weight excluding hydrogens is 270 g/mol. The molecule has 0 N–H and O–H groups in total.